The number of rotatable bonds is 35. The van der Waals surface area contributed by atoms with E-state index in [1.807, 2.05) is 0 Å². The second kappa shape index (κ2) is 35.1. The highest BCUT2D eigenvalue weighted by Crippen LogP contribution is 2.24. The Labute approximate surface area is 349 Å². The van der Waals surface area contributed by atoms with E-state index >= 15 is 0 Å². The fourth-order valence-electron chi connectivity index (χ4n) is 6.19. The molecule has 4 N–H and O–H groups in total. The Balaban J connectivity index is 2.49. The molecule has 1 aliphatic rings. The average Bonchev–Trinajstić information content (AvgIpc) is 3.18. The number of esters is 2. The van der Waals surface area contributed by atoms with Crippen LogP contribution in [-0.4, -0.2) is 96.0 Å². The summed E-state index contributed by atoms with van der Waals surface area (Å²) >= 11 is 0. The Bertz CT molecular complexity index is 1310. The monoisotopic (exact) mass is 841 g/mol. The SMILES string of the molecule is CC/C=C/C/C=C/C/C=C/CCCCCCCC(=O)OC[C@H](CO[C@H]1O[C@H](CS(=O)(=O)O)[C@@H](O)C(O)C1O)OC(=O)CCCCCCC/C=C/C/C=C/CCCCC. The van der Waals surface area contributed by atoms with Crippen LogP contribution in [0.2, 0.25) is 0 Å². The van der Waals surface area contributed by atoms with Gasteiger partial charge in [-0.25, -0.2) is 0 Å². The zero-order valence-electron chi connectivity index (χ0n) is 35.4. The van der Waals surface area contributed by atoms with Gasteiger partial charge < -0.3 is 34.3 Å². The molecule has 1 saturated heterocycles. The quantitative estimate of drug-likeness (QED) is 0.0207. The summed E-state index contributed by atoms with van der Waals surface area (Å²) in [5.41, 5.74) is 0. The van der Waals surface area contributed by atoms with Gasteiger partial charge in [0.2, 0.25) is 0 Å². The van der Waals surface area contributed by atoms with Crippen LogP contribution >= 0.6 is 0 Å². The molecular weight excluding hydrogens is 765 g/mol. The molecule has 0 saturated carbocycles. The Kier molecular flexibility index (Phi) is 32.3. The van der Waals surface area contributed by atoms with Crippen LogP contribution in [0, 0.1) is 0 Å². The van der Waals surface area contributed by atoms with E-state index in [9.17, 15) is 37.9 Å². The maximum Gasteiger partial charge on any atom is 0.306 e. The van der Waals surface area contributed by atoms with Gasteiger partial charge in [0, 0.05) is 12.8 Å². The largest absolute Gasteiger partial charge is 0.462 e. The summed E-state index contributed by atoms with van der Waals surface area (Å²) in [7, 11) is -4.61. The minimum Gasteiger partial charge on any atom is -0.462 e. The lowest BCUT2D eigenvalue weighted by molar-refractivity contribution is -0.297. The first-order chi connectivity index (χ1) is 28.0. The lowest BCUT2D eigenvalue weighted by Crippen LogP contribution is -2.60. The summed E-state index contributed by atoms with van der Waals surface area (Å²) in [6, 6.07) is 0. The number of aliphatic hydroxyl groups excluding tert-OH is 3. The first-order valence-corrected chi connectivity index (χ1v) is 23.5. The van der Waals surface area contributed by atoms with Gasteiger partial charge >= 0.3 is 11.9 Å². The van der Waals surface area contributed by atoms with Crippen molar-refractivity contribution < 1.29 is 56.8 Å². The van der Waals surface area contributed by atoms with Crippen molar-refractivity contribution in [2.75, 3.05) is 19.0 Å². The van der Waals surface area contributed by atoms with Crippen molar-refractivity contribution in [2.45, 2.75) is 192 Å². The van der Waals surface area contributed by atoms with Gasteiger partial charge in [-0.1, -0.05) is 126 Å². The highest BCUT2D eigenvalue weighted by atomic mass is 32.2. The summed E-state index contributed by atoms with van der Waals surface area (Å²) in [5.74, 6) is -2.03. The van der Waals surface area contributed by atoms with Crippen LogP contribution in [0.3, 0.4) is 0 Å². The summed E-state index contributed by atoms with van der Waals surface area (Å²) < 4.78 is 54.0. The molecule has 12 nitrogen and oxygen atoms in total. The molecule has 1 rings (SSSR count). The zero-order chi connectivity index (χ0) is 42.7. The normalized spacial score (nSPS) is 21.0. The molecule has 0 aliphatic carbocycles. The van der Waals surface area contributed by atoms with Gasteiger partial charge in [0.25, 0.3) is 10.1 Å². The summed E-state index contributed by atoms with van der Waals surface area (Å²) in [4.78, 5) is 25.4. The summed E-state index contributed by atoms with van der Waals surface area (Å²) in [6.07, 6.45) is 32.6. The molecule has 0 radical (unpaired) electrons. The molecule has 0 aromatic carbocycles. The number of aliphatic hydroxyl groups is 3. The van der Waals surface area contributed by atoms with Crippen LogP contribution in [0.25, 0.3) is 0 Å². The molecule has 0 aromatic rings. The third kappa shape index (κ3) is 29.5. The van der Waals surface area contributed by atoms with Crippen molar-refractivity contribution in [1.82, 2.24) is 0 Å². The second-order valence-electron chi connectivity index (χ2n) is 15.0. The van der Waals surface area contributed by atoms with Gasteiger partial charge in [-0.3, -0.25) is 14.1 Å². The van der Waals surface area contributed by atoms with E-state index in [1.165, 1.54) is 19.3 Å². The van der Waals surface area contributed by atoms with Crippen LogP contribution in [0.15, 0.2) is 60.8 Å². The zero-order valence-corrected chi connectivity index (χ0v) is 36.2. The predicted octanol–water partition coefficient (Wildman–Crippen LogP) is 8.56. The maximum atomic E-state index is 12.8. The minimum atomic E-state index is -4.61. The topological polar surface area (TPSA) is 186 Å². The maximum absolute atomic E-state index is 12.8. The Morgan fingerprint density at radius 3 is 1.62 bits per heavy atom. The molecule has 58 heavy (non-hydrogen) atoms. The lowest BCUT2D eigenvalue weighted by Gasteiger charge is -2.40. The number of carbonyl (C=O) groups is 2. The van der Waals surface area contributed by atoms with Gasteiger partial charge in [0.15, 0.2) is 12.4 Å². The first kappa shape index (κ1) is 53.4. The first-order valence-electron chi connectivity index (χ1n) is 21.8. The van der Waals surface area contributed by atoms with E-state index in [4.69, 9.17) is 18.9 Å². The number of hydrogen-bond acceptors (Lipinski definition) is 11. The van der Waals surface area contributed by atoms with E-state index < -0.39 is 71.2 Å². The molecule has 0 bridgehead atoms. The lowest BCUT2D eigenvalue weighted by atomic mass is 10.00. The van der Waals surface area contributed by atoms with Crippen LogP contribution in [-0.2, 0) is 38.7 Å². The fourth-order valence-corrected chi connectivity index (χ4v) is 6.88. The molecule has 334 valence electrons. The van der Waals surface area contributed by atoms with Crippen LogP contribution < -0.4 is 0 Å². The molecule has 6 atom stereocenters. The molecule has 0 spiro atoms. The molecule has 1 fully saturated rings. The Hall–Kier alpha value is -2.65. The number of allylic oxidation sites excluding steroid dienone is 10. The van der Waals surface area contributed by atoms with Gasteiger partial charge in [0.05, 0.1) is 6.61 Å². The number of unbranched alkanes of at least 4 members (excludes halogenated alkanes) is 13. The standard InChI is InChI=1S/C45H76O12S/c1-3-5-7-9-11-13-15-17-19-21-23-25-27-29-31-33-40(46)54-35-38(36-55-45-44(50)43(49)42(48)39(57-45)37-58(51,52)53)56-41(47)34-32-30-28-26-24-22-20-18-16-14-12-10-8-6-4-2/h5,7,11-14,17-20,38-39,42-45,48-50H,3-4,6,8-10,15-16,21-37H2,1-2H3,(H,51,52,53)/b7-5+,13-11+,14-12+,19-17+,20-18+/t38-,39-,42-,43?,44?,45+/m1/s1. The van der Waals surface area contributed by atoms with Gasteiger partial charge in [-0.15, -0.1) is 0 Å². The van der Waals surface area contributed by atoms with Gasteiger partial charge in [-0.05, 0) is 77.0 Å². The summed E-state index contributed by atoms with van der Waals surface area (Å²) in [6.45, 7) is 3.58. The average molecular weight is 841 g/mol. The molecule has 1 aliphatic heterocycles. The highest BCUT2D eigenvalue weighted by molar-refractivity contribution is 7.85. The summed E-state index contributed by atoms with van der Waals surface area (Å²) in [5, 5.41) is 30.8. The number of ether oxygens (including phenoxy) is 4. The fraction of sp³-hybridized carbons (Fsp3) is 0.733. The molecule has 1 heterocycles. The van der Waals surface area contributed by atoms with Crippen molar-refractivity contribution in [3.63, 3.8) is 0 Å². The van der Waals surface area contributed by atoms with Crippen LogP contribution in [0.5, 0.6) is 0 Å². The number of carbonyl (C=O) groups excluding carboxylic acids is 2. The van der Waals surface area contributed by atoms with E-state index in [0.717, 1.165) is 96.3 Å². The molecule has 2 unspecified atom stereocenters. The predicted molar refractivity (Wildman–Crippen MR) is 229 cm³/mol. The number of hydrogen-bond donors (Lipinski definition) is 4. The smallest absolute Gasteiger partial charge is 0.306 e. The van der Waals surface area contributed by atoms with Crippen molar-refractivity contribution in [3.8, 4) is 0 Å². The Morgan fingerprint density at radius 1 is 0.603 bits per heavy atom. The third-order valence-electron chi connectivity index (χ3n) is 9.58. The van der Waals surface area contributed by atoms with E-state index in [1.54, 1.807) is 0 Å². The minimum absolute atomic E-state index is 0.141. The van der Waals surface area contributed by atoms with Crippen LogP contribution in [0.4, 0.5) is 0 Å². The van der Waals surface area contributed by atoms with Crippen LogP contribution in [0.1, 0.15) is 155 Å². The van der Waals surface area contributed by atoms with E-state index in [0.29, 0.717) is 12.8 Å². The highest BCUT2D eigenvalue weighted by Gasteiger charge is 2.46. The Morgan fingerprint density at radius 2 is 1.09 bits per heavy atom. The van der Waals surface area contributed by atoms with Crippen molar-refractivity contribution in [2.24, 2.45) is 0 Å². The second-order valence-corrected chi connectivity index (χ2v) is 16.5. The molecular formula is C45H76O12S. The van der Waals surface area contributed by atoms with E-state index in [2.05, 4.69) is 74.6 Å². The van der Waals surface area contributed by atoms with E-state index in [-0.39, 0.29) is 19.4 Å². The third-order valence-corrected chi connectivity index (χ3v) is 10.3. The molecule has 0 amide bonds. The van der Waals surface area contributed by atoms with Gasteiger partial charge in [-0.2, -0.15) is 8.42 Å². The molecule has 13 heteroatoms. The molecule has 0 aromatic heterocycles. The van der Waals surface area contributed by atoms with Crippen molar-refractivity contribution in [3.05, 3.63) is 60.8 Å². The van der Waals surface area contributed by atoms with Gasteiger partial charge in [0.1, 0.15) is 36.8 Å². The van der Waals surface area contributed by atoms with Crippen molar-refractivity contribution in [1.29, 1.82) is 0 Å². The van der Waals surface area contributed by atoms with Crippen molar-refractivity contribution >= 4 is 22.1 Å².